The molecule has 1 unspecified atom stereocenters. The van der Waals surface area contributed by atoms with Crippen LogP contribution in [0, 0.1) is 10.1 Å². The van der Waals surface area contributed by atoms with Gasteiger partial charge in [0, 0.05) is 41.1 Å². The second kappa shape index (κ2) is 2.31. The van der Waals surface area contributed by atoms with Crippen LogP contribution in [0.3, 0.4) is 0 Å². The minimum atomic E-state index is -0.522. The molecule has 1 atom stereocenters. The number of hydrogen-bond acceptors (Lipinski definition) is 3. The van der Waals surface area contributed by atoms with Crippen LogP contribution < -0.4 is 0 Å². The molecule has 0 aromatic carbocycles. The van der Waals surface area contributed by atoms with Gasteiger partial charge in [-0.3, -0.25) is 10.1 Å². The van der Waals surface area contributed by atoms with Crippen LogP contribution in [-0.2, 0) is 6.42 Å². The van der Waals surface area contributed by atoms with Crippen molar-refractivity contribution < 1.29 is 4.92 Å². The third-order valence-electron chi connectivity index (χ3n) is 2.71. The molecule has 14 heavy (non-hydrogen) atoms. The first kappa shape index (κ1) is 7.49. The minimum Gasteiger partial charge on any atom is -0.307 e. The standard InChI is InChI=1S/C9H7N3O2/c13-12(14)8-5-7-6(8)1-3-11-4-2-10-9(7)11/h1-4,8H,5H2. The van der Waals surface area contributed by atoms with E-state index in [2.05, 4.69) is 4.98 Å². The highest BCUT2D eigenvalue weighted by Gasteiger charge is 2.37. The maximum atomic E-state index is 10.6. The summed E-state index contributed by atoms with van der Waals surface area (Å²) < 4.78 is 1.88. The second-order valence-electron chi connectivity index (χ2n) is 3.41. The largest absolute Gasteiger partial charge is 0.307 e. The number of pyridine rings is 1. The number of hydrogen-bond donors (Lipinski definition) is 0. The summed E-state index contributed by atoms with van der Waals surface area (Å²) in [7, 11) is 0. The van der Waals surface area contributed by atoms with E-state index in [0.29, 0.717) is 6.42 Å². The molecular formula is C9H7N3O2. The Bertz CT molecular complexity index is 532. The Hall–Kier alpha value is -1.91. The lowest BCUT2D eigenvalue weighted by Gasteiger charge is -2.23. The van der Waals surface area contributed by atoms with Gasteiger partial charge in [0.15, 0.2) is 0 Å². The summed E-state index contributed by atoms with van der Waals surface area (Å²) in [5.41, 5.74) is 2.67. The topological polar surface area (TPSA) is 60.4 Å². The lowest BCUT2D eigenvalue weighted by Crippen LogP contribution is -2.25. The monoisotopic (exact) mass is 189 g/mol. The van der Waals surface area contributed by atoms with Crippen molar-refractivity contribution >= 4 is 5.65 Å². The molecule has 2 heterocycles. The van der Waals surface area contributed by atoms with Crippen LogP contribution in [0.4, 0.5) is 0 Å². The smallest absolute Gasteiger partial charge is 0.242 e. The fourth-order valence-electron chi connectivity index (χ4n) is 1.94. The summed E-state index contributed by atoms with van der Waals surface area (Å²) in [6.45, 7) is 0. The molecule has 2 aromatic rings. The highest BCUT2D eigenvalue weighted by molar-refractivity contribution is 5.57. The predicted octanol–water partition coefficient (Wildman–Crippen LogP) is 1.21. The molecule has 0 bridgehead atoms. The number of aromatic nitrogens is 2. The van der Waals surface area contributed by atoms with Gasteiger partial charge in [-0.05, 0) is 6.07 Å². The van der Waals surface area contributed by atoms with E-state index in [-0.39, 0.29) is 4.92 Å². The Labute approximate surface area is 79.1 Å². The summed E-state index contributed by atoms with van der Waals surface area (Å²) in [4.78, 5) is 14.5. The Morgan fingerprint density at radius 1 is 1.57 bits per heavy atom. The maximum absolute atomic E-state index is 10.6. The molecular weight excluding hydrogens is 182 g/mol. The molecule has 5 heteroatoms. The Balaban J connectivity index is 2.22. The molecule has 0 fully saturated rings. The number of fused-ring (bicyclic) bond motifs is 3. The van der Waals surface area contributed by atoms with Gasteiger partial charge < -0.3 is 4.40 Å². The zero-order chi connectivity index (χ0) is 9.71. The van der Waals surface area contributed by atoms with Crippen molar-refractivity contribution in [1.29, 1.82) is 0 Å². The molecule has 0 spiro atoms. The minimum absolute atomic E-state index is 0.234. The van der Waals surface area contributed by atoms with Crippen molar-refractivity contribution in [3.8, 4) is 0 Å². The van der Waals surface area contributed by atoms with Crippen molar-refractivity contribution in [2.75, 3.05) is 0 Å². The molecule has 5 nitrogen and oxygen atoms in total. The van der Waals surface area contributed by atoms with Gasteiger partial charge in [-0.15, -0.1) is 0 Å². The van der Waals surface area contributed by atoms with Crippen LogP contribution in [0.1, 0.15) is 17.2 Å². The highest BCUT2D eigenvalue weighted by atomic mass is 16.6. The van der Waals surface area contributed by atoms with Crippen LogP contribution in [0.15, 0.2) is 24.7 Å². The fraction of sp³-hybridized carbons (Fsp3) is 0.222. The summed E-state index contributed by atoms with van der Waals surface area (Å²) in [5.74, 6) is 0. The van der Waals surface area contributed by atoms with Crippen molar-refractivity contribution in [2.24, 2.45) is 0 Å². The average Bonchev–Trinajstić information content (AvgIpc) is 2.50. The number of nitrogens with zero attached hydrogens (tertiary/aromatic N) is 3. The van der Waals surface area contributed by atoms with E-state index >= 15 is 0 Å². The summed E-state index contributed by atoms with van der Waals surface area (Å²) in [6, 6.07) is 1.28. The fourth-order valence-corrected chi connectivity index (χ4v) is 1.94. The van der Waals surface area contributed by atoms with Crippen LogP contribution in [0.2, 0.25) is 0 Å². The molecule has 0 aliphatic heterocycles. The molecule has 3 rings (SSSR count). The predicted molar refractivity (Wildman–Crippen MR) is 48.6 cm³/mol. The number of rotatable bonds is 1. The molecule has 0 amide bonds. The lowest BCUT2D eigenvalue weighted by molar-refractivity contribution is -0.533. The maximum Gasteiger partial charge on any atom is 0.242 e. The van der Waals surface area contributed by atoms with E-state index in [9.17, 15) is 10.1 Å². The SMILES string of the molecule is O=[N+]([O-])C1Cc2c1ccn1ccnc21. The van der Waals surface area contributed by atoms with E-state index in [0.717, 1.165) is 16.8 Å². The van der Waals surface area contributed by atoms with Crippen molar-refractivity contribution in [3.63, 3.8) is 0 Å². The van der Waals surface area contributed by atoms with Gasteiger partial charge in [0.25, 0.3) is 0 Å². The molecule has 0 saturated carbocycles. The number of imidazole rings is 1. The first-order chi connectivity index (χ1) is 6.77. The van der Waals surface area contributed by atoms with Gasteiger partial charge in [0.2, 0.25) is 6.04 Å². The molecule has 0 radical (unpaired) electrons. The molecule has 0 N–H and O–H groups in total. The quantitative estimate of drug-likeness (QED) is 0.500. The van der Waals surface area contributed by atoms with E-state index < -0.39 is 6.04 Å². The average molecular weight is 189 g/mol. The summed E-state index contributed by atoms with van der Waals surface area (Å²) in [6.07, 6.45) is 5.87. The molecule has 70 valence electrons. The second-order valence-corrected chi connectivity index (χ2v) is 3.41. The van der Waals surface area contributed by atoms with E-state index in [1.807, 2.05) is 16.8 Å². The first-order valence-electron chi connectivity index (χ1n) is 4.35. The van der Waals surface area contributed by atoms with Crippen LogP contribution in [-0.4, -0.2) is 14.3 Å². The Morgan fingerprint density at radius 2 is 2.43 bits per heavy atom. The third kappa shape index (κ3) is 0.761. The molecule has 0 saturated heterocycles. The van der Waals surface area contributed by atoms with E-state index in [4.69, 9.17) is 0 Å². The van der Waals surface area contributed by atoms with Crippen molar-refractivity contribution in [1.82, 2.24) is 9.38 Å². The Morgan fingerprint density at radius 3 is 3.21 bits per heavy atom. The molecule has 1 aliphatic rings. The normalized spacial score (nSPS) is 19.0. The third-order valence-corrected chi connectivity index (χ3v) is 2.71. The van der Waals surface area contributed by atoms with Gasteiger partial charge in [-0.2, -0.15) is 0 Å². The highest BCUT2D eigenvalue weighted by Crippen LogP contribution is 2.37. The molecule has 2 aromatic heterocycles. The zero-order valence-electron chi connectivity index (χ0n) is 7.25. The first-order valence-corrected chi connectivity index (χ1v) is 4.35. The number of nitro groups is 1. The van der Waals surface area contributed by atoms with Crippen LogP contribution in [0.25, 0.3) is 5.65 Å². The van der Waals surface area contributed by atoms with Gasteiger partial charge in [-0.1, -0.05) is 0 Å². The lowest BCUT2D eigenvalue weighted by atomic mass is 9.85. The zero-order valence-corrected chi connectivity index (χ0v) is 7.25. The van der Waals surface area contributed by atoms with E-state index in [1.54, 1.807) is 12.3 Å². The van der Waals surface area contributed by atoms with Crippen LogP contribution >= 0.6 is 0 Å². The van der Waals surface area contributed by atoms with Crippen molar-refractivity contribution in [3.05, 3.63) is 45.9 Å². The van der Waals surface area contributed by atoms with E-state index in [1.165, 1.54) is 0 Å². The van der Waals surface area contributed by atoms with Crippen molar-refractivity contribution in [2.45, 2.75) is 12.5 Å². The Kier molecular flexibility index (Phi) is 1.24. The van der Waals surface area contributed by atoms with Crippen LogP contribution in [0.5, 0.6) is 0 Å². The summed E-state index contributed by atoms with van der Waals surface area (Å²) >= 11 is 0. The summed E-state index contributed by atoms with van der Waals surface area (Å²) in [5, 5.41) is 10.6. The van der Waals surface area contributed by atoms with Gasteiger partial charge in [0.05, 0.1) is 0 Å². The molecule has 1 aliphatic carbocycles. The van der Waals surface area contributed by atoms with Gasteiger partial charge >= 0.3 is 0 Å². The van der Waals surface area contributed by atoms with Gasteiger partial charge in [-0.25, -0.2) is 4.98 Å². The van der Waals surface area contributed by atoms with Gasteiger partial charge in [0.1, 0.15) is 5.65 Å².